The van der Waals surface area contributed by atoms with Crippen molar-refractivity contribution in [2.24, 2.45) is 0 Å². The number of halogens is 1. The van der Waals surface area contributed by atoms with E-state index in [2.05, 4.69) is 11.4 Å². The van der Waals surface area contributed by atoms with Crippen LogP contribution in [0.15, 0.2) is 47.8 Å². The van der Waals surface area contributed by atoms with E-state index in [1.54, 1.807) is 17.4 Å². The summed E-state index contributed by atoms with van der Waals surface area (Å²) in [7, 11) is 1.44. The van der Waals surface area contributed by atoms with Crippen LogP contribution in [0.2, 0.25) is 0 Å². The number of ether oxygens (including phenoxy) is 1. The van der Waals surface area contributed by atoms with E-state index in [0.717, 1.165) is 34.1 Å². The second-order valence-electron chi connectivity index (χ2n) is 7.07. The molecule has 28 heavy (non-hydrogen) atoms. The number of benzene rings is 2. The molecule has 1 aromatic heterocycles. The molecule has 1 aliphatic heterocycles. The van der Waals surface area contributed by atoms with Gasteiger partial charge < -0.3 is 9.84 Å². The van der Waals surface area contributed by atoms with E-state index in [0.29, 0.717) is 13.0 Å². The van der Waals surface area contributed by atoms with Crippen molar-refractivity contribution in [2.45, 2.75) is 31.3 Å². The van der Waals surface area contributed by atoms with Crippen molar-refractivity contribution >= 4 is 27.4 Å². The Morgan fingerprint density at radius 2 is 2.11 bits per heavy atom. The van der Waals surface area contributed by atoms with E-state index in [-0.39, 0.29) is 11.8 Å². The van der Waals surface area contributed by atoms with E-state index >= 15 is 0 Å². The second kappa shape index (κ2) is 7.89. The SMILES string of the molecule is COc1ccc(C(c2csc3ccccc23)N2CCCCC2C(=O)O)cc1F. The van der Waals surface area contributed by atoms with Crippen LogP contribution < -0.4 is 4.74 Å². The fraction of sp³-hybridized carbons (Fsp3) is 0.318. The molecule has 1 aliphatic rings. The summed E-state index contributed by atoms with van der Waals surface area (Å²) in [6, 6.07) is 12.1. The highest BCUT2D eigenvalue weighted by Gasteiger charge is 2.36. The topological polar surface area (TPSA) is 49.8 Å². The molecule has 0 radical (unpaired) electrons. The molecule has 2 heterocycles. The molecule has 0 aliphatic carbocycles. The van der Waals surface area contributed by atoms with Gasteiger partial charge in [0, 0.05) is 4.70 Å². The van der Waals surface area contributed by atoms with Crippen LogP contribution >= 0.6 is 11.3 Å². The summed E-state index contributed by atoms with van der Waals surface area (Å²) in [6.07, 6.45) is 2.43. The summed E-state index contributed by atoms with van der Waals surface area (Å²) < 4.78 is 20.7. The number of carbonyl (C=O) groups is 1. The molecule has 0 amide bonds. The van der Waals surface area contributed by atoms with Gasteiger partial charge in [-0.05, 0) is 59.5 Å². The largest absolute Gasteiger partial charge is 0.494 e. The molecule has 2 atom stereocenters. The van der Waals surface area contributed by atoms with Gasteiger partial charge in [-0.1, -0.05) is 30.7 Å². The summed E-state index contributed by atoms with van der Waals surface area (Å²) in [5.41, 5.74) is 1.77. The fourth-order valence-corrected chi connectivity index (χ4v) is 5.12. The maximum atomic E-state index is 14.5. The standard InChI is InChI=1S/C22H22FNO3S/c1-27-19-10-9-14(12-17(19)23)21(24-11-5-4-7-18(24)22(25)26)16-13-28-20-8-3-2-6-15(16)20/h2-3,6,8-10,12-13,18,21H,4-5,7,11H2,1H3,(H,25,26). The van der Waals surface area contributed by atoms with Gasteiger partial charge in [-0.3, -0.25) is 9.69 Å². The number of thiophene rings is 1. The number of hydrogen-bond donors (Lipinski definition) is 1. The van der Waals surface area contributed by atoms with Crippen molar-refractivity contribution in [1.82, 2.24) is 4.90 Å². The Morgan fingerprint density at radius 3 is 2.86 bits per heavy atom. The van der Waals surface area contributed by atoms with Gasteiger partial charge in [-0.2, -0.15) is 0 Å². The quantitative estimate of drug-likeness (QED) is 0.650. The number of aliphatic carboxylic acids is 1. The van der Waals surface area contributed by atoms with Crippen LogP contribution in [0.1, 0.15) is 36.4 Å². The minimum atomic E-state index is -0.821. The number of piperidine rings is 1. The third-order valence-electron chi connectivity index (χ3n) is 5.46. The Kier molecular flexibility index (Phi) is 5.33. The zero-order valence-electron chi connectivity index (χ0n) is 15.6. The van der Waals surface area contributed by atoms with Gasteiger partial charge in [0.05, 0.1) is 13.2 Å². The van der Waals surface area contributed by atoms with Gasteiger partial charge in [0.15, 0.2) is 11.6 Å². The summed E-state index contributed by atoms with van der Waals surface area (Å²) in [6.45, 7) is 0.666. The number of likely N-dealkylation sites (tertiary alicyclic amines) is 1. The maximum absolute atomic E-state index is 14.5. The predicted octanol–water partition coefficient (Wildman–Crippen LogP) is 5.08. The first-order valence-electron chi connectivity index (χ1n) is 9.38. The first-order valence-corrected chi connectivity index (χ1v) is 10.3. The Balaban J connectivity index is 1.88. The lowest BCUT2D eigenvalue weighted by Crippen LogP contribution is -2.46. The fourth-order valence-electron chi connectivity index (χ4n) is 4.14. The van der Waals surface area contributed by atoms with Crippen molar-refractivity contribution in [3.8, 4) is 5.75 Å². The first-order chi connectivity index (χ1) is 13.6. The van der Waals surface area contributed by atoms with Gasteiger partial charge >= 0.3 is 5.97 Å². The van der Waals surface area contributed by atoms with Crippen LogP contribution in [0.3, 0.4) is 0 Å². The Labute approximate surface area is 167 Å². The molecule has 0 spiro atoms. The number of methoxy groups -OCH3 is 1. The van der Waals surface area contributed by atoms with Gasteiger partial charge in [0.1, 0.15) is 6.04 Å². The zero-order valence-corrected chi connectivity index (χ0v) is 16.4. The van der Waals surface area contributed by atoms with Gasteiger partial charge in [-0.25, -0.2) is 4.39 Å². The number of fused-ring (bicyclic) bond motifs is 1. The van der Waals surface area contributed by atoms with E-state index < -0.39 is 17.8 Å². The van der Waals surface area contributed by atoms with Gasteiger partial charge in [-0.15, -0.1) is 11.3 Å². The van der Waals surface area contributed by atoms with Crippen molar-refractivity contribution < 1.29 is 19.0 Å². The number of carboxylic acids is 1. The van der Waals surface area contributed by atoms with Crippen molar-refractivity contribution in [1.29, 1.82) is 0 Å². The van der Waals surface area contributed by atoms with Crippen LogP contribution in [0.25, 0.3) is 10.1 Å². The van der Waals surface area contributed by atoms with E-state index in [4.69, 9.17) is 4.74 Å². The lowest BCUT2D eigenvalue weighted by atomic mass is 9.91. The van der Waals surface area contributed by atoms with Crippen molar-refractivity contribution in [3.63, 3.8) is 0 Å². The highest BCUT2D eigenvalue weighted by atomic mass is 32.1. The molecule has 146 valence electrons. The molecular formula is C22H22FNO3S. The molecule has 4 rings (SSSR count). The summed E-state index contributed by atoms with van der Waals surface area (Å²) in [5, 5.41) is 13.0. The number of carboxylic acid groups (broad SMARTS) is 1. The molecule has 1 N–H and O–H groups in total. The molecule has 6 heteroatoms. The second-order valence-corrected chi connectivity index (χ2v) is 7.98. The van der Waals surface area contributed by atoms with Crippen molar-refractivity contribution in [3.05, 3.63) is 64.8 Å². The van der Waals surface area contributed by atoms with E-state index in [1.807, 2.05) is 29.2 Å². The number of nitrogens with zero attached hydrogens (tertiary/aromatic N) is 1. The molecule has 0 saturated carbocycles. The molecule has 2 aromatic carbocycles. The third kappa shape index (κ3) is 3.38. The van der Waals surface area contributed by atoms with Gasteiger partial charge in [0.2, 0.25) is 0 Å². The predicted molar refractivity (Wildman–Crippen MR) is 109 cm³/mol. The monoisotopic (exact) mass is 399 g/mol. The maximum Gasteiger partial charge on any atom is 0.320 e. The van der Waals surface area contributed by atoms with Crippen LogP contribution in [0.4, 0.5) is 4.39 Å². The number of hydrogen-bond acceptors (Lipinski definition) is 4. The molecule has 1 fully saturated rings. The average Bonchev–Trinajstić information content (AvgIpc) is 3.13. The Bertz CT molecular complexity index is 1000. The summed E-state index contributed by atoms with van der Waals surface area (Å²) in [4.78, 5) is 14.0. The summed E-state index contributed by atoms with van der Waals surface area (Å²) in [5.74, 6) is -1.07. The van der Waals surface area contributed by atoms with Crippen LogP contribution in [-0.4, -0.2) is 35.7 Å². The minimum absolute atomic E-state index is 0.186. The highest BCUT2D eigenvalue weighted by Crippen LogP contribution is 2.40. The minimum Gasteiger partial charge on any atom is -0.494 e. The molecular weight excluding hydrogens is 377 g/mol. The highest BCUT2D eigenvalue weighted by molar-refractivity contribution is 7.17. The molecule has 3 aromatic rings. The van der Waals surface area contributed by atoms with E-state index in [9.17, 15) is 14.3 Å². The summed E-state index contributed by atoms with van der Waals surface area (Å²) >= 11 is 1.63. The first kappa shape index (κ1) is 18.9. The van der Waals surface area contributed by atoms with Crippen LogP contribution in [-0.2, 0) is 4.79 Å². The Morgan fingerprint density at radius 1 is 1.29 bits per heavy atom. The Hall–Kier alpha value is -2.44. The van der Waals surface area contributed by atoms with Crippen LogP contribution in [0, 0.1) is 5.82 Å². The van der Waals surface area contributed by atoms with Gasteiger partial charge in [0.25, 0.3) is 0 Å². The average molecular weight is 399 g/mol. The number of rotatable bonds is 5. The lowest BCUT2D eigenvalue weighted by molar-refractivity contribution is -0.145. The zero-order chi connectivity index (χ0) is 19.7. The van der Waals surface area contributed by atoms with E-state index in [1.165, 1.54) is 13.2 Å². The smallest absolute Gasteiger partial charge is 0.320 e. The molecule has 2 unspecified atom stereocenters. The van der Waals surface area contributed by atoms with Crippen LogP contribution in [0.5, 0.6) is 5.75 Å². The lowest BCUT2D eigenvalue weighted by Gasteiger charge is -2.39. The normalized spacial score (nSPS) is 18.9. The molecule has 4 nitrogen and oxygen atoms in total. The molecule has 0 bridgehead atoms. The third-order valence-corrected chi connectivity index (χ3v) is 6.44. The van der Waals surface area contributed by atoms with Crippen molar-refractivity contribution in [2.75, 3.05) is 13.7 Å². The molecule has 1 saturated heterocycles.